The van der Waals surface area contributed by atoms with E-state index in [0.29, 0.717) is 11.5 Å². The van der Waals surface area contributed by atoms with Gasteiger partial charge in [0.15, 0.2) is 18.1 Å². The number of halogens is 3. The van der Waals surface area contributed by atoms with E-state index in [4.69, 9.17) is 4.74 Å². The van der Waals surface area contributed by atoms with Crippen LogP contribution >= 0.6 is 0 Å². The Balaban J connectivity index is 1.61. The minimum Gasteiger partial charge on any atom is -0.482 e. The van der Waals surface area contributed by atoms with Gasteiger partial charge in [0, 0.05) is 6.20 Å². The lowest BCUT2D eigenvalue weighted by atomic mass is 10.3. The van der Waals surface area contributed by atoms with E-state index in [2.05, 4.69) is 20.8 Å². The molecule has 3 aromatic rings. The Morgan fingerprint density at radius 2 is 1.88 bits per heavy atom. The number of carbonyl (C=O) groups excluding carboxylic acids is 1. The lowest BCUT2D eigenvalue weighted by Gasteiger charge is -2.14. The molecule has 0 radical (unpaired) electrons. The minimum absolute atomic E-state index is 0.0760. The Bertz CT molecular complexity index is 910. The van der Waals surface area contributed by atoms with Gasteiger partial charge in [0.2, 0.25) is 0 Å². The summed E-state index contributed by atoms with van der Waals surface area (Å²) in [4.78, 5) is 12.0. The fourth-order valence-corrected chi connectivity index (χ4v) is 2.19. The average Bonchev–Trinajstić information content (AvgIpc) is 3.02. The van der Waals surface area contributed by atoms with Crippen LogP contribution in [0.5, 0.6) is 5.75 Å². The molecule has 2 heterocycles. The molecule has 136 valence electrons. The Hall–Kier alpha value is -3.30. The van der Waals surface area contributed by atoms with E-state index in [-0.39, 0.29) is 18.0 Å². The van der Waals surface area contributed by atoms with Gasteiger partial charge in [-0.15, -0.1) is 10.2 Å². The molecule has 0 atom stereocenters. The largest absolute Gasteiger partial charge is 0.482 e. The summed E-state index contributed by atoms with van der Waals surface area (Å²) in [5, 5.41) is 13.0. The van der Waals surface area contributed by atoms with Gasteiger partial charge in [-0.05, 0) is 24.3 Å². The first-order valence-corrected chi connectivity index (χ1v) is 7.54. The number of hydrogen-bond acceptors (Lipinski definition) is 4. The molecule has 0 spiro atoms. The van der Waals surface area contributed by atoms with Gasteiger partial charge >= 0.3 is 12.2 Å². The van der Waals surface area contributed by atoms with Crippen LogP contribution in [0, 0.1) is 0 Å². The van der Waals surface area contributed by atoms with Crippen molar-refractivity contribution >= 4 is 17.4 Å². The number of amides is 2. The number of pyridine rings is 1. The van der Waals surface area contributed by atoms with Gasteiger partial charge in [0.25, 0.3) is 0 Å². The Labute approximate surface area is 145 Å². The van der Waals surface area contributed by atoms with Crippen LogP contribution in [0.1, 0.15) is 5.82 Å². The summed E-state index contributed by atoms with van der Waals surface area (Å²) in [5.41, 5.74) is 0.760. The van der Waals surface area contributed by atoms with Crippen molar-refractivity contribution in [2.75, 3.05) is 11.9 Å². The van der Waals surface area contributed by atoms with Crippen molar-refractivity contribution in [2.24, 2.45) is 0 Å². The maximum Gasteiger partial charge on any atom is 0.422 e. The molecule has 0 saturated carbocycles. The first-order chi connectivity index (χ1) is 12.4. The van der Waals surface area contributed by atoms with Gasteiger partial charge in [0.05, 0.1) is 12.2 Å². The van der Waals surface area contributed by atoms with Gasteiger partial charge in [-0.25, -0.2) is 4.79 Å². The molecule has 0 aliphatic rings. The molecule has 0 saturated heterocycles. The monoisotopic (exact) mass is 365 g/mol. The zero-order chi connectivity index (χ0) is 18.6. The summed E-state index contributed by atoms with van der Waals surface area (Å²) in [6.45, 7) is -1.36. The standard InChI is InChI=1S/C16H14F3N5O2/c17-16(18,19)10-26-12-6-2-1-5-11(12)21-15(25)20-9-14-23-22-13-7-3-4-8-24(13)14/h1-8H,9-10H2,(H2,20,21,25). The Morgan fingerprint density at radius 1 is 1.12 bits per heavy atom. The fourth-order valence-electron chi connectivity index (χ4n) is 2.19. The number of rotatable bonds is 5. The van der Waals surface area contributed by atoms with E-state index in [1.54, 1.807) is 28.8 Å². The first kappa shape index (κ1) is 17.5. The molecular weight excluding hydrogens is 351 g/mol. The van der Waals surface area contributed by atoms with Crippen molar-refractivity contribution in [1.82, 2.24) is 19.9 Å². The van der Waals surface area contributed by atoms with Crippen LogP contribution in [0.25, 0.3) is 5.65 Å². The molecular formula is C16H14F3N5O2. The first-order valence-electron chi connectivity index (χ1n) is 7.54. The van der Waals surface area contributed by atoms with Gasteiger partial charge in [-0.1, -0.05) is 18.2 Å². The highest BCUT2D eigenvalue weighted by molar-refractivity contribution is 5.90. The molecule has 0 aliphatic carbocycles. The molecule has 2 amide bonds. The van der Waals surface area contributed by atoms with Gasteiger partial charge in [0.1, 0.15) is 5.75 Å². The van der Waals surface area contributed by atoms with Crippen LogP contribution in [-0.4, -0.2) is 33.4 Å². The number of hydrogen-bond donors (Lipinski definition) is 2. The molecule has 26 heavy (non-hydrogen) atoms. The van der Waals surface area contributed by atoms with Gasteiger partial charge < -0.3 is 15.4 Å². The van der Waals surface area contributed by atoms with Crippen LogP contribution in [-0.2, 0) is 6.54 Å². The summed E-state index contributed by atoms with van der Waals surface area (Å²) in [7, 11) is 0. The summed E-state index contributed by atoms with van der Waals surface area (Å²) >= 11 is 0. The van der Waals surface area contributed by atoms with E-state index in [9.17, 15) is 18.0 Å². The zero-order valence-electron chi connectivity index (χ0n) is 13.3. The quantitative estimate of drug-likeness (QED) is 0.728. The van der Waals surface area contributed by atoms with Crippen molar-refractivity contribution in [3.63, 3.8) is 0 Å². The number of para-hydroxylation sites is 2. The van der Waals surface area contributed by atoms with E-state index in [0.717, 1.165) is 0 Å². The molecule has 0 bridgehead atoms. The summed E-state index contributed by atoms with van der Waals surface area (Å²) in [6, 6.07) is 10.6. The number of nitrogens with one attached hydrogen (secondary N) is 2. The molecule has 7 nitrogen and oxygen atoms in total. The molecule has 0 unspecified atom stereocenters. The third-order valence-corrected chi connectivity index (χ3v) is 3.32. The van der Waals surface area contributed by atoms with Crippen LogP contribution in [0.15, 0.2) is 48.7 Å². The van der Waals surface area contributed by atoms with Crippen LogP contribution in [0.3, 0.4) is 0 Å². The van der Waals surface area contributed by atoms with Crippen molar-refractivity contribution in [3.8, 4) is 5.75 Å². The Kier molecular flexibility index (Phi) is 4.92. The van der Waals surface area contributed by atoms with E-state index in [1.165, 1.54) is 18.2 Å². The SMILES string of the molecule is O=C(NCc1nnc2ccccn12)Nc1ccccc1OCC(F)(F)F. The number of alkyl halides is 3. The van der Waals surface area contributed by atoms with Crippen LogP contribution in [0.4, 0.5) is 23.7 Å². The van der Waals surface area contributed by atoms with Crippen molar-refractivity contribution in [2.45, 2.75) is 12.7 Å². The molecule has 0 fully saturated rings. The molecule has 0 aliphatic heterocycles. The molecule has 2 aromatic heterocycles. The second-order valence-electron chi connectivity index (χ2n) is 5.25. The third kappa shape index (κ3) is 4.41. The van der Waals surface area contributed by atoms with Crippen molar-refractivity contribution < 1.29 is 22.7 Å². The van der Waals surface area contributed by atoms with E-state index >= 15 is 0 Å². The van der Waals surface area contributed by atoms with Crippen molar-refractivity contribution in [3.05, 3.63) is 54.5 Å². The minimum atomic E-state index is -4.47. The van der Waals surface area contributed by atoms with Gasteiger partial charge in [-0.3, -0.25) is 4.40 Å². The molecule has 10 heteroatoms. The van der Waals surface area contributed by atoms with Crippen molar-refractivity contribution in [1.29, 1.82) is 0 Å². The smallest absolute Gasteiger partial charge is 0.422 e. The lowest BCUT2D eigenvalue weighted by Crippen LogP contribution is -2.29. The van der Waals surface area contributed by atoms with Gasteiger partial charge in [-0.2, -0.15) is 13.2 Å². The predicted molar refractivity (Wildman–Crippen MR) is 86.8 cm³/mol. The summed E-state index contributed by atoms with van der Waals surface area (Å²) in [5.74, 6) is 0.435. The highest BCUT2D eigenvalue weighted by atomic mass is 19.4. The maximum atomic E-state index is 12.3. The highest BCUT2D eigenvalue weighted by Gasteiger charge is 2.28. The topological polar surface area (TPSA) is 80.6 Å². The predicted octanol–water partition coefficient (Wildman–Crippen LogP) is 2.99. The number of anilines is 1. The molecule has 1 aromatic carbocycles. The second-order valence-corrected chi connectivity index (χ2v) is 5.25. The fraction of sp³-hybridized carbons (Fsp3) is 0.188. The van der Waals surface area contributed by atoms with Crippen LogP contribution < -0.4 is 15.4 Å². The second kappa shape index (κ2) is 7.30. The van der Waals surface area contributed by atoms with E-state index < -0.39 is 18.8 Å². The summed E-state index contributed by atoms with van der Waals surface area (Å²) in [6.07, 6.45) is -2.71. The Morgan fingerprint density at radius 3 is 2.69 bits per heavy atom. The number of nitrogens with zero attached hydrogens (tertiary/aromatic N) is 3. The molecule has 3 rings (SSSR count). The number of ether oxygens (including phenoxy) is 1. The lowest BCUT2D eigenvalue weighted by molar-refractivity contribution is -0.153. The van der Waals surface area contributed by atoms with E-state index in [1.807, 2.05) is 6.07 Å². The average molecular weight is 365 g/mol. The third-order valence-electron chi connectivity index (χ3n) is 3.32. The molecule has 2 N–H and O–H groups in total. The number of aromatic nitrogens is 3. The highest BCUT2D eigenvalue weighted by Crippen LogP contribution is 2.26. The number of urea groups is 1. The number of benzene rings is 1. The summed E-state index contributed by atoms with van der Waals surface area (Å²) < 4.78 is 43.3. The number of carbonyl (C=O) groups is 1. The number of fused-ring (bicyclic) bond motifs is 1. The normalized spacial score (nSPS) is 11.3. The maximum absolute atomic E-state index is 12.3. The zero-order valence-corrected chi connectivity index (χ0v) is 13.3. The van der Waals surface area contributed by atoms with Crippen LogP contribution in [0.2, 0.25) is 0 Å².